The topological polar surface area (TPSA) is 51.2 Å². The largest absolute Gasteiger partial charge is 0.487 e. The van der Waals surface area contributed by atoms with Crippen molar-refractivity contribution in [2.24, 2.45) is 0 Å². The summed E-state index contributed by atoms with van der Waals surface area (Å²) in [7, 11) is 0. The number of benzene rings is 2. The van der Waals surface area contributed by atoms with E-state index in [1.54, 1.807) is 41.7 Å². The van der Waals surface area contributed by atoms with E-state index < -0.39 is 17.5 Å². The van der Waals surface area contributed by atoms with Gasteiger partial charge in [0.15, 0.2) is 0 Å². The Morgan fingerprint density at radius 3 is 2.52 bits per heavy atom. The van der Waals surface area contributed by atoms with E-state index in [1.807, 2.05) is 12.3 Å². The fraction of sp³-hybridized carbons (Fsp3) is 0.100. The highest BCUT2D eigenvalue weighted by molar-refractivity contribution is 7.09. The second-order valence-electron chi connectivity index (χ2n) is 5.70. The number of carbonyl (C=O) groups is 1. The number of nitrogens with zero attached hydrogens (tertiary/aromatic N) is 1. The van der Waals surface area contributed by atoms with Crippen LogP contribution in [0.5, 0.6) is 5.75 Å². The molecule has 2 aromatic carbocycles. The van der Waals surface area contributed by atoms with Crippen LogP contribution in [0.2, 0.25) is 0 Å². The maximum Gasteiger partial charge on any atom is 0.248 e. The Balaban J connectivity index is 1.54. The van der Waals surface area contributed by atoms with Gasteiger partial charge in [-0.3, -0.25) is 4.79 Å². The molecule has 138 valence electrons. The van der Waals surface area contributed by atoms with Crippen LogP contribution in [0.3, 0.4) is 0 Å². The summed E-state index contributed by atoms with van der Waals surface area (Å²) in [4.78, 5) is 16.2. The average Bonchev–Trinajstić information content (AvgIpc) is 3.03. The van der Waals surface area contributed by atoms with Gasteiger partial charge in [-0.1, -0.05) is 12.1 Å². The van der Waals surface area contributed by atoms with E-state index in [0.717, 1.165) is 34.5 Å². The maximum absolute atomic E-state index is 13.1. The van der Waals surface area contributed by atoms with E-state index in [1.165, 1.54) is 6.08 Å². The Labute approximate surface area is 159 Å². The number of carbonyl (C=O) groups excluding carboxylic acids is 1. The molecule has 7 heteroatoms. The normalized spacial score (nSPS) is 10.9. The molecule has 0 saturated carbocycles. The van der Waals surface area contributed by atoms with Crippen LogP contribution >= 0.6 is 11.3 Å². The molecule has 0 radical (unpaired) electrons. The monoisotopic (exact) mass is 386 g/mol. The molecular formula is C20H16F2N2O2S. The van der Waals surface area contributed by atoms with Crippen LogP contribution in [0.25, 0.3) is 6.08 Å². The van der Waals surface area contributed by atoms with Crippen molar-refractivity contribution in [1.29, 1.82) is 0 Å². The number of hydrogen-bond donors (Lipinski definition) is 1. The Morgan fingerprint density at radius 2 is 1.89 bits per heavy atom. The van der Waals surface area contributed by atoms with Crippen LogP contribution in [0.15, 0.2) is 53.9 Å². The first-order chi connectivity index (χ1) is 13.0. The first-order valence-electron chi connectivity index (χ1n) is 8.07. The third-order valence-corrected chi connectivity index (χ3v) is 4.31. The number of rotatable bonds is 6. The number of hydrogen-bond acceptors (Lipinski definition) is 4. The highest BCUT2D eigenvalue weighted by atomic mass is 32.1. The van der Waals surface area contributed by atoms with E-state index in [-0.39, 0.29) is 5.69 Å². The molecule has 3 rings (SSSR count). The van der Waals surface area contributed by atoms with E-state index in [0.29, 0.717) is 12.4 Å². The molecule has 4 nitrogen and oxygen atoms in total. The summed E-state index contributed by atoms with van der Waals surface area (Å²) in [5, 5.41) is 5.36. The summed E-state index contributed by atoms with van der Waals surface area (Å²) in [6.45, 7) is 2.34. The smallest absolute Gasteiger partial charge is 0.248 e. The van der Waals surface area contributed by atoms with Gasteiger partial charge in [-0.05, 0) is 42.8 Å². The van der Waals surface area contributed by atoms with Crippen LogP contribution in [-0.4, -0.2) is 10.9 Å². The van der Waals surface area contributed by atoms with Gasteiger partial charge in [-0.15, -0.1) is 11.3 Å². The molecule has 3 aromatic rings. The molecule has 1 N–H and O–H groups in total. The van der Waals surface area contributed by atoms with Gasteiger partial charge in [0.1, 0.15) is 24.0 Å². The highest BCUT2D eigenvalue weighted by Crippen LogP contribution is 2.17. The molecule has 1 heterocycles. The lowest BCUT2D eigenvalue weighted by Crippen LogP contribution is -2.08. The molecule has 0 atom stereocenters. The molecule has 27 heavy (non-hydrogen) atoms. The van der Waals surface area contributed by atoms with E-state index >= 15 is 0 Å². The number of nitrogens with one attached hydrogen (secondary N) is 1. The summed E-state index contributed by atoms with van der Waals surface area (Å²) in [5.74, 6) is -1.30. The van der Waals surface area contributed by atoms with Gasteiger partial charge in [0.05, 0.1) is 10.7 Å². The van der Waals surface area contributed by atoms with Gasteiger partial charge in [0.2, 0.25) is 5.91 Å². The summed E-state index contributed by atoms with van der Waals surface area (Å²) < 4.78 is 31.9. The number of thiazole rings is 1. The number of ether oxygens (including phenoxy) is 1. The van der Waals surface area contributed by atoms with Crippen molar-refractivity contribution >= 4 is 29.0 Å². The fourth-order valence-electron chi connectivity index (χ4n) is 2.29. The minimum Gasteiger partial charge on any atom is -0.487 e. The van der Waals surface area contributed by atoms with Crippen molar-refractivity contribution in [3.63, 3.8) is 0 Å². The summed E-state index contributed by atoms with van der Waals surface area (Å²) in [6, 6.07) is 10.0. The lowest BCUT2D eigenvalue weighted by atomic mass is 10.2. The molecule has 0 unspecified atom stereocenters. The van der Waals surface area contributed by atoms with Gasteiger partial charge in [-0.25, -0.2) is 13.8 Å². The van der Waals surface area contributed by atoms with Crippen molar-refractivity contribution in [2.75, 3.05) is 5.32 Å². The summed E-state index contributed by atoms with van der Waals surface area (Å²) in [5.41, 5.74) is 1.72. The molecule has 0 aliphatic rings. The number of amides is 1. The summed E-state index contributed by atoms with van der Waals surface area (Å²) >= 11 is 1.57. The van der Waals surface area contributed by atoms with Crippen molar-refractivity contribution in [3.05, 3.63) is 81.8 Å². The minimum absolute atomic E-state index is 0.0585. The Morgan fingerprint density at radius 1 is 1.19 bits per heavy atom. The molecule has 1 aromatic heterocycles. The number of anilines is 1. The van der Waals surface area contributed by atoms with Crippen molar-refractivity contribution in [3.8, 4) is 5.75 Å². The van der Waals surface area contributed by atoms with Gasteiger partial charge >= 0.3 is 0 Å². The minimum atomic E-state index is -0.752. The van der Waals surface area contributed by atoms with Crippen LogP contribution in [0, 0.1) is 18.6 Å². The lowest BCUT2D eigenvalue weighted by Gasteiger charge is -2.04. The third kappa shape index (κ3) is 5.72. The van der Waals surface area contributed by atoms with Crippen molar-refractivity contribution in [1.82, 2.24) is 4.98 Å². The van der Waals surface area contributed by atoms with Crippen LogP contribution < -0.4 is 10.1 Å². The predicted molar refractivity (Wildman–Crippen MR) is 102 cm³/mol. The van der Waals surface area contributed by atoms with Gasteiger partial charge < -0.3 is 10.1 Å². The maximum atomic E-state index is 13.1. The SMILES string of the molecule is Cc1nc(COc2ccc(/C=C/C(=O)Nc3cc(F)cc(F)c3)cc2)cs1. The summed E-state index contributed by atoms with van der Waals surface area (Å²) in [6.07, 6.45) is 2.88. The molecule has 0 saturated heterocycles. The van der Waals surface area contributed by atoms with Crippen molar-refractivity contribution < 1.29 is 18.3 Å². The van der Waals surface area contributed by atoms with E-state index in [9.17, 15) is 13.6 Å². The molecule has 0 aliphatic heterocycles. The van der Waals surface area contributed by atoms with Crippen LogP contribution in [0.4, 0.5) is 14.5 Å². The average molecular weight is 386 g/mol. The van der Waals surface area contributed by atoms with Gasteiger partial charge in [-0.2, -0.15) is 0 Å². The van der Waals surface area contributed by atoms with E-state index in [2.05, 4.69) is 10.3 Å². The molecule has 0 aliphatic carbocycles. The molecule has 0 fully saturated rings. The third-order valence-electron chi connectivity index (χ3n) is 3.49. The van der Waals surface area contributed by atoms with Crippen molar-refractivity contribution in [2.45, 2.75) is 13.5 Å². The van der Waals surface area contributed by atoms with E-state index in [4.69, 9.17) is 4.74 Å². The highest BCUT2D eigenvalue weighted by Gasteiger charge is 2.03. The zero-order valence-electron chi connectivity index (χ0n) is 14.4. The molecule has 1 amide bonds. The second-order valence-corrected chi connectivity index (χ2v) is 6.76. The van der Waals surface area contributed by atoms with Gasteiger partial charge in [0, 0.05) is 23.2 Å². The quantitative estimate of drug-likeness (QED) is 0.609. The molecule has 0 bridgehead atoms. The number of halogens is 2. The predicted octanol–water partition coefficient (Wildman–Crippen LogP) is 4.96. The first-order valence-corrected chi connectivity index (χ1v) is 8.95. The lowest BCUT2D eigenvalue weighted by molar-refractivity contribution is -0.111. The number of aryl methyl sites for hydroxylation is 1. The first kappa shape index (κ1) is 18.7. The second kappa shape index (κ2) is 8.55. The fourth-order valence-corrected chi connectivity index (χ4v) is 2.89. The zero-order chi connectivity index (χ0) is 19.2. The molecule has 0 spiro atoms. The van der Waals surface area contributed by atoms with Gasteiger partial charge in [0.25, 0.3) is 0 Å². The molecular weight excluding hydrogens is 370 g/mol. The Hall–Kier alpha value is -3.06. The Kier molecular flexibility index (Phi) is 5.93. The van der Waals surface area contributed by atoms with Crippen LogP contribution in [-0.2, 0) is 11.4 Å². The standard InChI is InChI=1S/C20H16F2N2O2S/c1-13-23-18(12-27-13)11-26-19-5-2-14(3-6-19)4-7-20(25)24-17-9-15(21)8-16(22)10-17/h2-10,12H,11H2,1H3,(H,24,25)/b7-4+. The zero-order valence-corrected chi connectivity index (χ0v) is 15.2. The van der Waals surface area contributed by atoms with Crippen LogP contribution in [0.1, 0.15) is 16.3 Å². The Bertz CT molecular complexity index is 948. The number of aromatic nitrogens is 1.